The lowest BCUT2D eigenvalue weighted by Gasteiger charge is -2.25. The highest BCUT2D eigenvalue weighted by Gasteiger charge is 2.30. The molecule has 3 heterocycles. The molecule has 224 valence electrons. The number of hydrogen-bond donors (Lipinski definition) is 2. The normalized spacial score (nSPS) is 17.5. The molecule has 2 saturated heterocycles. The van der Waals surface area contributed by atoms with Crippen LogP contribution in [0.5, 0.6) is 0 Å². The van der Waals surface area contributed by atoms with Crippen molar-refractivity contribution in [3.8, 4) is 0 Å². The fraction of sp³-hybridized carbons (Fsp3) is 0.467. The summed E-state index contributed by atoms with van der Waals surface area (Å²) < 4.78 is 0. The summed E-state index contributed by atoms with van der Waals surface area (Å²) in [5, 5.41) is 5.97. The van der Waals surface area contributed by atoms with E-state index in [0.29, 0.717) is 18.7 Å². The summed E-state index contributed by atoms with van der Waals surface area (Å²) in [4.78, 5) is 67.5. The first-order valence-corrected chi connectivity index (χ1v) is 14.3. The Bertz CT molecular complexity index is 1320. The highest BCUT2D eigenvalue weighted by Crippen LogP contribution is 2.19. The third-order valence-electron chi connectivity index (χ3n) is 7.33. The van der Waals surface area contributed by atoms with E-state index < -0.39 is 11.9 Å². The monoisotopic (exact) mass is 576 g/mol. The van der Waals surface area contributed by atoms with E-state index in [1.807, 2.05) is 48.2 Å². The molecular weight excluding hydrogens is 536 g/mol. The smallest absolute Gasteiger partial charge is 0.271 e. The second-order valence-electron chi connectivity index (χ2n) is 11.0. The van der Waals surface area contributed by atoms with Crippen LogP contribution >= 0.6 is 0 Å². The Kier molecular flexibility index (Phi) is 10.1. The molecule has 2 aliphatic rings. The maximum absolute atomic E-state index is 13.6. The molecule has 12 nitrogen and oxygen atoms in total. The number of aromatic nitrogens is 1. The lowest BCUT2D eigenvalue weighted by molar-refractivity contribution is -0.140. The Morgan fingerprint density at radius 3 is 2.40 bits per heavy atom. The predicted octanol–water partition coefficient (Wildman–Crippen LogP) is 2.05. The molecule has 0 radical (unpaired) electrons. The molecule has 0 spiro atoms. The second-order valence-corrected chi connectivity index (χ2v) is 11.0. The number of hydrogen-bond acceptors (Lipinski definition) is 7. The van der Waals surface area contributed by atoms with Gasteiger partial charge in [-0.2, -0.15) is 0 Å². The van der Waals surface area contributed by atoms with Gasteiger partial charge in [0.1, 0.15) is 11.7 Å². The molecule has 0 saturated carbocycles. The van der Waals surface area contributed by atoms with Crippen LogP contribution in [-0.4, -0.2) is 110 Å². The van der Waals surface area contributed by atoms with Crippen LogP contribution in [-0.2, 0) is 9.59 Å². The standard InChI is InChI=1S/C30H40N8O4/c1-35(2)23-11-9-10-22(18-23)32-30(34-27(40)21-13-14-24(31-19-21)28(41)36(3)4)33-25-12-5-6-17-38(29(25)42)20-26(39)37-15-7-8-16-37/h9-11,13-14,18-19,25H,5-8,12,15-17,20H2,1-4H3,(H2,32,33,34,40). The number of carbonyl (C=O) groups is 4. The highest BCUT2D eigenvalue weighted by molar-refractivity contribution is 6.10. The first kappa shape index (κ1) is 30.5. The summed E-state index contributed by atoms with van der Waals surface area (Å²) in [7, 11) is 7.11. The number of guanidine groups is 1. The number of rotatable bonds is 7. The number of aliphatic imine (C=N–C) groups is 1. The van der Waals surface area contributed by atoms with Crippen molar-refractivity contribution >= 4 is 41.0 Å². The summed E-state index contributed by atoms with van der Waals surface area (Å²) in [5.41, 5.74) is 2.06. The van der Waals surface area contributed by atoms with Crippen LogP contribution < -0.4 is 15.5 Å². The summed E-state index contributed by atoms with van der Waals surface area (Å²) in [6, 6.07) is 9.82. The molecule has 12 heteroatoms. The minimum atomic E-state index is -0.767. The second kappa shape index (κ2) is 13.9. The minimum Gasteiger partial charge on any atom is -0.378 e. The van der Waals surface area contributed by atoms with E-state index in [2.05, 4.69) is 15.6 Å². The molecule has 1 atom stereocenters. The number of nitrogens with one attached hydrogen (secondary N) is 2. The summed E-state index contributed by atoms with van der Waals surface area (Å²) >= 11 is 0. The van der Waals surface area contributed by atoms with Gasteiger partial charge >= 0.3 is 0 Å². The third-order valence-corrected chi connectivity index (χ3v) is 7.33. The van der Waals surface area contributed by atoms with Gasteiger partial charge in [0.25, 0.3) is 11.8 Å². The van der Waals surface area contributed by atoms with Gasteiger partial charge < -0.3 is 24.9 Å². The van der Waals surface area contributed by atoms with Gasteiger partial charge in [-0.1, -0.05) is 6.07 Å². The maximum atomic E-state index is 13.6. The Balaban J connectivity index is 1.57. The quantitative estimate of drug-likeness (QED) is 0.381. The van der Waals surface area contributed by atoms with Crippen LogP contribution in [0, 0.1) is 0 Å². The van der Waals surface area contributed by atoms with Gasteiger partial charge in [-0.3, -0.25) is 29.5 Å². The number of nitrogens with zero attached hydrogens (tertiary/aromatic N) is 6. The maximum Gasteiger partial charge on any atom is 0.271 e. The van der Waals surface area contributed by atoms with Gasteiger partial charge in [0.15, 0.2) is 0 Å². The van der Waals surface area contributed by atoms with Gasteiger partial charge in [-0.25, -0.2) is 4.99 Å². The highest BCUT2D eigenvalue weighted by atomic mass is 16.2. The Morgan fingerprint density at radius 2 is 1.74 bits per heavy atom. The van der Waals surface area contributed by atoms with E-state index >= 15 is 0 Å². The van der Waals surface area contributed by atoms with Crippen LogP contribution in [0.25, 0.3) is 0 Å². The molecule has 1 unspecified atom stereocenters. The molecule has 2 aromatic rings. The zero-order chi connectivity index (χ0) is 30.2. The van der Waals surface area contributed by atoms with E-state index in [4.69, 9.17) is 4.99 Å². The molecule has 2 N–H and O–H groups in total. The number of pyridine rings is 1. The van der Waals surface area contributed by atoms with E-state index in [9.17, 15) is 19.2 Å². The third kappa shape index (κ3) is 7.83. The zero-order valence-corrected chi connectivity index (χ0v) is 24.8. The molecule has 42 heavy (non-hydrogen) atoms. The van der Waals surface area contributed by atoms with Gasteiger partial charge in [0.2, 0.25) is 17.8 Å². The molecular formula is C30H40N8O4. The molecule has 0 bridgehead atoms. The molecule has 0 aliphatic carbocycles. The fourth-order valence-corrected chi connectivity index (χ4v) is 4.91. The lowest BCUT2D eigenvalue weighted by Crippen LogP contribution is -2.45. The molecule has 2 fully saturated rings. The topological polar surface area (TPSA) is 131 Å². The summed E-state index contributed by atoms with van der Waals surface area (Å²) in [5.74, 6) is -0.935. The molecule has 4 rings (SSSR count). The van der Waals surface area contributed by atoms with Gasteiger partial charge in [-0.15, -0.1) is 0 Å². The van der Waals surface area contributed by atoms with Gasteiger partial charge in [-0.05, 0) is 62.4 Å². The number of amides is 4. The molecule has 4 amide bonds. The first-order valence-electron chi connectivity index (χ1n) is 14.3. The first-order chi connectivity index (χ1) is 20.1. The van der Waals surface area contributed by atoms with Crippen molar-refractivity contribution in [1.82, 2.24) is 25.0 Å². The predicted molar refractivity (Wildman–Crippen MR) is 162 cm³/mol. The average Bonchev–Trinajstić information content (AvgIpc) is 3.47. The summed E-state index contributed by atoms with van der Waals surface area (Å²) in [6.07, 6.45) is 5.33. The van der Waals surface area contributed by atoms with Crippen molar-refractivity contribution in [2.45, 2.75) is 38.1 Å². The Hall–Kier alpha value is -4.48. The average molecular weight is 577 g/mol. The van der Waals surface area contributed by atoms with E-state index in [-0.39, 0.29) is 41.5 Å². The van der Waals surface area contributed by atoms with Crippen molar-refractivity contribution in [2.75, 3.05) is 64.6 Å². The number of carbonyl (C=O) groups excluding carboxylic acids is 4. The van der Waals surface area contributed by atoms with Crippen molar-refractivity contribution in [2.24, 2.45) is 4.99 Å². The van der Waals surface area contributed by atoms with E-state index in [0.717, 1.165) is 44.5 Å². The lowest BCUT2D eigenvalue weighted by atomic mass is 10.1. The summed E-state index contributed by atoms with van der Waals surface area (Å²) in [6.45, 7) is 1.99. The zero-order valence-electron chi connectivity index (χ0n) is 24.8. The largest absolute Gasteiger partial charge is 0.378 e. The van der Waals surface area contributed by atoms with E-state index in [1.165, 1.54) is 23.2 Å². The van der Waals surface area contributed by atoms with Gasteiger partial charge in [0, 0.05) is 65.4 Å². The van der Waals surface area contributed by atoms with E-state index in [1.54, 1.807) is 19.0 Å². The van der Waals surface area contributed by atoms with Gasteiger partial charge in [0.05, 0.1) is 12.1 Å². The molecule has 1 aromatic carbocycles. The van der Waals surface area contributed by atoms with Crippen LogP contribution in [0.1, 0.15) is 53.0 Å². The number of likely N-dealkylation sites (tertiary alicyclic amines) is 2. The van der Waals surface area contributed by atoms with Crippen LogP contribution in [0.15, 0.2) is 47.6 Å². The van der Waals surface area contributed by atoms with Crippen molar-refractivity contribution in [3.05, 3.63) is 53.9 Å². The fourth-order valence-electron chi connectivity index (χ4n) is 4.91. The Morgan fingerprint density at radius 1 is 1.00 bits per heavy atom. The van der Waals surface area contributed by atoms with Crippen molar-refractivity contribution in [1.29, 1.82) is 0 Å². The Labute approximate surface area is 246 Å². The van der Waals surface area contributed by atoms with Crippen molar-refractivity contribution in [3.63, 3.8) is 0 Å². The van der Waals surface area contributed by atoms with Crippen LogP contribution in [0.2, 0.25) is 0 Å². The van der Waals surface area contributed by atoms with Crippen LogP contribution in [0.4, 0.5) is 11.4 Å². The van der Waals surface area contributed by atoms with Crippen LogP contribution in [0.3, 0.4) is 0 Å². The number of benzene rings is 1. The SMILES string of the molecule is CN(C)C(=O)c1ccc(C(=O)NC(=NC2CCCCN(CC(=O)N3CCCC3)C2=O)Nc2cccc(N(C)C)c2)cn1. The van der Waals surface area contributed by atoms with Crippen molar-refractivity contribution < 1.29 is 19.2 Å². The minimum absolute atomic E-state index is 0.0363. The number of anilines is 2. The molecule has 2 aliphatic heterocycles. The molecule has 1 aromatic heterocycles.